The Bertz CT molecular complexity index is 537. The van der Waals surface area contributed by atoms with E-state index in [2.05, 4.69) is 6.92 Å². The molecule has 106 valence electrons. The summed E-state index contributed by atoms with van der Waals surface area (Å²) in [6.07, 6.45) is 1.00. The van der Waals surface area contributed by atoms with E-state index in [1.54, 1.807) is 0 Å². The fraction of sp³-hybridized carbons (Fsp3) is 0.294. The van der Waals surface area contributed by atoms with E-state index in [4.69, 9.17) is 16.3 Å². The molecule has 0 fully saturated rings. The monoisotopic (exact) mass is 290 g/mol. The lowest BCUT2D eigenvalue weighted by Crippen LogP contribution is -2.02. The number of rotatable bonds is 6. The molecule has 20 heavy (non-hydrogen) atoms. The zero-order chi connectivity index (χ0) is 14.4. The molecular weight excluding hydrogens is 272 g/mol. The van der Waals surface area contributed by atoms with Crippen molar-refractivity contribution in [2.75, 3.05) is 6.61 Å². The molecule has 0 aromatic heterocycles. The van der Waals surface area contributed by atoms with E-state index < -0.39 is 6.10 Å². The molecule has 0 aliphatic rings. The molecule has 2 nitrogen and oxygen atoms in total. The normalized spacial score (nSPS) is 12.2. The van der Waals surface area contributed by atoms with Crippen LogP contribution in [0.5, 0.6) is 5.75 Å². The lowest BCUT2D eigenvalue weighted by atomic mass is 10.0. The van der Waals surface area contributed by atoms with Crippen molar-refractivity contribution >= 4 is 11.6 Å². The predicted octanol–water partition coefficient (Wildman–Crippen LogP) is 4.40. The Morgan fingerprint density at radius 1 is 1.15 bits per heavy atom. The van der Waals surface area contributed by atoms with Crippen LogP contribution in [0.2, 0.25) is 5.02 Å². The molecule has 0 aliphatic carbocycles. The lowest BCUT2D eigenvalue weighted by Gasteiger charge is -2.12. The number of aliphatic hydroxyl groups is 1. The minimum absolute atomic E-state index is 0.534. The maximum atomic E-state index is 10.2. The van der Waals surface area contributed by atoms with Crippen LogP contribution >= 0.6 is 11.6 Å². The molecule has 0 saturated heterocycles. The van der Waals surface area contributed by atoms with Gasteiger partial charge in [-0.2, -0.15) is 0 Å². The van der Waals surface area contributed by atoms with Gasteiger partial charge in [0.25, 0.3) is 0 Å². The quantitative estimate of drug-likeness (QED) is 0.854. The molecule has 2 aromatic rings. The Hall–Kier alpha value is -1.51. The summed E-state index contributed by atoms with van der Waals surface area (Å²) < 4.78 is 5.52. The van der Waals surface area contributed by atoms with Crippen LogP contribution < -0.4 is 4.74 Å². The molecule has 0 bridgehead atoms. The first-order valence-corrected chi connectivity index (χ1v) is 7.22. The Morgan fingerprint density at radius 2 is 1.90 bits per heavy atom. The standard InChI is InChI=1S/C17H19ClO2/c1-2-10-20-16-8-6-14(7-9-16)17(19)12-13-4-3-5-15(18)11-13/h3-9,11,17,19H,2,10,12H2,1H3. The molecule has 0 amide bonds. The first-order valence-electron chi connectivity index (χ1n) is 6.84. The third-order valence-electron chi connectivity index (χ3n) is 3.06. The highest BCUT2D eigenvalue weighted by Crippen LogP contribution is 2.22. The number of benzene rings is 2. The molecule has 0 spiro atoms. The zero-order valence-electron chi connectivity index (χ0n) is 11.6. The van der Waals surface area contributed by atoms with Gasteiger partial charge in [0.15, 0.2) is 0 Å². The van der Waals surface area contributed by atoms with Crippen LogP contribution in [0, 0.1) is 0 Å². The number of hydrogen-bond donors (Lipinski definition) is 1. The van der Waals surface area contributed by atoms with E-state index >= 15 is 0 Å². The first-order chi connectivity index (χ1) is 9.69. The van der Waals surface area contributed by atoms with E-state index in [0.717, 1.165) is 23.3 Å². The SMILES string of the molecule is CCCOc1ccc(C(O)Cc2cccc(Cl)c2)cc1. The number of ether oxygens (including phenoxy) is 1. The summed E-state index contributed by atoms with van der Waals surface area (Å²) in [4.78, 5) is 0. The fourth-order valence-electron chi connectivity index (χ4n) is 2.01. The first kappa shape index (κ1) is 14.9. The summed E-state index contributed by atoms with van der Waals surface area (Å²) in [6.45, 7) is 2.79. The molecular formula is C17H19ClO2. The Morgan fingerprint density at radius 3 is 2.55 bits per heavy atom. The van der Waals surface area contributed by atoms with Gasteiger partial charge in [-0.15, -0.1) is 0 Å². The Balaban J connectivity index is 2.00. The minimum atomic E-state index is -0.534. The molecule has 1 N–H and O–H groups in total. The van der Waals surface area contributed by atoms with Crippen LogP contribution in [0.25, 0.3) is 0 Å². The minimum Gasteiger partial charge on any atom is -0.494 e. The molecule has 0 heterocycles. The summed E-state index contributed by atoms with van der Waals surface area (Å²) in [5.41, 5.74) is 1.91. The van der Waals surface area contributed by atoms with Crippen LogP contribution in [0.15, 0.2) is 48.5 Å². The third kappa shape index (κ3) is 4.26. The van der Waals surface area contributed by atoms with E-state index in [-0.39, 0.29) is 0 Å². The Kier molecular flexibility index (Phi) is 5.45. The van der Waals surface area contributed by atoms with E-state index in [1.165, 1.54) is 0 Å². The second-order valence-electron chi connectivity index (χ2n) is 4.77. The molecule has 2 rings (SSSR count). The number of aliphatic hydroxyl groups excluding tert-OH is 1. The van der Waals surface area contributed by atoms with Crippen molar-refractivity contribution in [2.24, 2.45) is 0 Å². The van der Waals surface area contributed by atoms with Gasteiger partial charge in [-0.25, -0.2) is 0 Å². The van der Waals surface area contributed by atoms with Gasteiger partial charge in [-0.1, -0.05) is 42.8 Å². The van der Waals surface area contributed by atoms with Crippen LogP contribution in [0.3, 0.4) is 0 Å². The number of hydrogen-bond acceptors (Lipinski definition) is 2. The molecule has 1 atom stereocenters. The van der Waals surface area contributed by atoms with E-state index in [9.17, 15) is 5.11 Å². The van der Waals surface area contributed by atoms with Gasteiger partial charge in [-0.05, 0) is 41.8 Å². The largest absolute Gasteiger partial charge is 0.494 e. The van der Waals surface area contributed by atoms with Crippen molar-refractivity contribution in [3.63, 3.8) is 0 Å². The van der Waals surface area contributed by atoms with Crippen molar-refractivity contribution in [1.29, 1.82) is 0 Å². The highest BCUT2D eigenvalue weighted by Gasteiger charge is 2.09. The number of halogens is 1. The molecule has 0 saturated carbocycles. The van der Waals surface area contributed by atoms with Gasteiger partial charge in [0.05, 0.1) is 12.7 Å². The Labute approximate surface area is 125 Å². The van der Waals surface area contributed by atoms with Crippen molar-refractivity contribution in [1.82, 2.24) is 0 Å². The van der Waals surface area contributed by atoms with Crippen molar-refractivity contribution < 1.29 is 9.84 Å². The second kappa shape index (κ2) is 7.32. The summed E-state index contributed by atoms with van der Waals surface area (Å²) in [6, 6.07) is 15.2. The molecule has 3 heteroatoms. The van der Waals surface area contributed by atoms with Gasteiger partial charge >= 0.3 is 0 Å². The van der Waals surface area contributed by atoms with E-state index in [1.807, 2.05) is 48.5 Å². The smallest absolute Gasteiger partial charge is 0.119 e. The van der Waals surface area contributed by atoms with E-state index in [0.29, 0.717) is 18.1 Å². The van der Waals surface area contributed by atoms with Crippen molar-refractivity contribution in [3.8, 4) is 5.75 Å². The van der Waals surface area contributed by atoms with Crippen molar-refractivity contribution in [3.05, 3.63) is 64.7 Å². The van der Waals surface area contributed by atoms with Gasteiger partial charge in [-0.3, -0.25) is 0 Å². The molecule has 2 aromatic carbocycles. The van der Waals surface area contributed by atoms with Crippen LogP contribution in [-0.4, -0.2) is 11.7 Å². The zero-order valence-corrected chi connectivity index (χ0v) is 12.3. The molecule has 1 unspecified atom stereocenters. The van der Waals surface area contributed by atoms with Crippen LogP contribution in [0.1, 0.15) is 30.6 Å². The highest BCUT2D eigenvalue weighted by atomic mass is 35.5. The van der Waals surface area contributed by atoms with Gasteiger partial charge in [0.2, 0.25) is 0 Å². The van der Waals surface area contributed by atoms with Crippen LogP contribution in [-0.2, 0) is 6.42 Å². The topological polar surface area (TPSA) is 29.5 Å². The van der Waals surface area contributed by atoms with Gasteiger partial charge < -0.3 is 9.84 Å². The summed E-state index contributed by atoms with van der Waals surface area (Å²) in [5, 5.41) is 10.9. The average Bonchev–Trinajstić information content (AvgIpc) is 2.45. The molecule has 0 radical (unpaired) electrons. The van der Waals surface area contributed by atoms with Crippen LogP contribution in [0.4, 0.5) is 0 Å². The lowest BCUT2D eigenvalue weighted by molar-refractivity contribution is 0.178. The highest BCUT2D eigenvalue weighted by molar-refractivity contribution is 6.30. The maximum Gasteiger partial charge on any atom is 0.119 e. The third-order valence-corrected chi connectivity index (χ3v) is 3.29. The average molecular weight is 291 g/mol. The summed E-state index contributed by atoms with van der Waals surface area (Å²) in [5.74, 6) is 0.838. The molecule has 0 aliphatic heterocycles. The maximum absolute atomic E-state index is 10.2. The van der Waals surface area contributed by atoms with Gasteiger partial charge in [0, 0.05) is 11.4 Å². The fourth-order valence-corrected chi connectivity index (χ4v) is 2.22. The summed E-state index contributed by atoms with van der Waals surface area (Å²) in [7, 11) is 0. The second-order valence-corrected chi connectivity index (χ2v) is 5.20. The van der Waals surface area contributed by atoms with Crippen molar-refractivity contribution in [2.45, 2.75) is 25.9 Å². The van der Waals surface area contributed by atoms with Gasteiger partial charge in [0.1, 0.15) is 5.75 Å². The predicted molar refractivity (Wildman–Crippen MR) is 82.3 cm³/mol. The summed E-state index contributed by atoms with van der Waals surface area (Å²) >= 11 is 5.95.